The second kappa shape index (κ2) is 8.12. The first kappa shape index (κ1) is 18.8. The second-order valence-corrected chi connectivity index (χ2v) is 7.01. The Labute approximate surface area is 153 Å². The fraction of sp³-hybridized carbons (Fsp3) is 0.450. The molecule has 3 rings (SSSR count). The van der Waals surface area contributed by atoms with Crippen LogP contribution in [0, 0.1) is 11.2 Å². The van der Waals surface area contributed by atoms with E-state index in [0.29, 0.717) is 31.8 Å². The number of aliphatic hydroxyl groups excluding tert-OH is 2. The van der Waals surface area contributed by atoms with E-state index in [2.05, 4.69) is 9.88 Å². The average Bonchev–Trinajstić information content (AvgIpc) is 2.66. The van der Waals surface area contributed by atoms with Crippen LogP contribution in [-0.2, 0) is 13.0 Å². The van der Waals surface area contributed by atoms with Crippen LogP contribution in [0.2, 0.25) is 0 Å². The molecule has 2 aromatic rings. The summed E-state index contributed by atoms with van der Waals surface area (Å²) in [5, 5.41) is 20.7. The highest BCUT2D eigenvalue weighted by atomic mass is 19.1. The van der Waals surface area contributed by atoms with Gasteiger partial charge in [-0.25, -0.2) is 9.37 Å². The van der Waals surface area contributed by atoms with Crippen molar-refractivity contribution in [1.29, 1.82) is 0 Å². The van der Waals surface area contributed by atoms with Crippen LogP contribution in [0.15, 0.2) is 42.6 Å². The summed E-state index contributed by atoms with van der Waals surface area (Å²) in [6.07, 6.45) is 2.15. The van der Waals surface area contributed by atoms with Crippen LogP contribution in [0.4, 0.5) is 4.39 Å². The first-order valence-electron chi connectivity index (χ1n) is 8.80. The number of halogens is 1. The Balaban J connectivity index is 1.77. The van der Waals surface area contributed by atoms with E-state index in [1.54, 1.807) is 25.4 Å². The molecule has 0 aliphatic carbocycles. The van der Waals surface area contributed by atoms with Gasteiger partial charge in [0, 0.05) is 36.8 Å². The van der Waals surface area contributed by atoms with Crippen LogP contribution in [0.1, 0.15) is 17.5 Å². The summed E-state index contributed by atoms with van der Waals surface area (Å²) in [5.74, 6) is 0.299. The SMILES string of the molecule is COc1ncccc1CN1CC[C@H](O)[C@@](CO)(Cc2ccc(F)cc2)C1. The first-order chi connectivity index (χ1) is 12.6. The number of piperidine rings is 1. The van der Waals surface area contributed by atoms with E-state index in [-0.39, 0.29) is 12.4 Å². The average molecular weight is 360 g/mol. The number of rotatable bonds is 6. The van der Waals surface area contributed by atoms with E-state index in [9.17, 15) is 14.6 Å². The molecule has 140 valence electrons. The molecule has 1 aliphatic heterocycles. The number of ether oxygens (including phenoxy) is 1. The van der Waals surface area contributed by atoms with Gasteiger partial charge in [0.05, 0.1) is 19.8 Å². The Morgan fingerprint density at radius 2 is 2.08 bits per heavy atom. The number of hydrogen-bond acceptors (Lipinski definition) is 5. The van der Waals surface area contributed by atoms with Crippen molar-refractivity contribution in [2.45, 2.75) is 25.5 Å². The minimum atomic E-state index is -0.675. The van der Waals surface area contributed by atoms with E-state index in [1.807, 2.05) is 12.1 Å². The van der Waals surface area contributed by atoms with E-state index in [4.69, 9.17) is 4.74 Å². The summed E-state index contributed by atoms with van der Waals surface area (Å²) in [7, 11) is 1.60. The smallest absolute Gasteiger partial charge is 0.217 e. The zero-order chi connectivity index (χ0) is 18.6. The first-order valence-corrected chi connectivity index (χ1v) is 8.80. The third kappa shape index (κ3) is 4.03. The van der Waals surface area contributed by atoms with Gasteiger partial charge in [-0.05, 0) is 36.6 Å². The molecule has 1 saturated heterocycles. The van der Waals surface area contributed by atoms with Crippen molar-refractivity contribution in [3.63, 3.8) is 0 Å². The van der Waals surface area contributed by atoms with Crippen molar-refractivity contribution in [2.24, 2.45) is 5.41 Å². The lowest BCUT2D eigenvalue weighted by molar-refractivity contribution is -0.0769. The van der Waals surface area contributed by atoms with Gasteiger partial charge >= 0.3 is 0 Å². The van der Waals surface area contributed by atoms with E-state index < -0.39 is 11.5 Å². The fourth-order valence-corrected chi connectivity index (χ4v) is 3.74. The molecule has 1 aromatic heterocycles. The third-order valence-electron chi connectivity index (χ3n) is 5.19. The maximum atomic E-state index is 13.2. The third-order valence-corrected chi connectivity index (χ3v) is 5.19. The molecule has 1 aromatic carbocycles. The summed E-state index contributed by atoms with van der Waals surface area (Å²) in [6.45, 7) is 1.77. The van der Waals surface area contributed by atoms with Crippen LogP contribution in [0.25, 0.3) is 0 Å². The van der Waals surface area contributed by atoms with E-state index >= 15 is 0 Å². The molecule has 5 nitrogen and oxygen atoms in total. The molecular formula is C20H25FN2O3. The van der Waals surface area contributed by atoms with Gasteiger partial charge in [-0.15, -0.1) is 0 Å². The molecule has 2 atom stereocenters. The number of likely N-dealkylation sites (tertiary alicyclic amines) is 1. The van der Waals surface area contributed by atoms with Gasteiger partial charge in [0.1, 0.15) is 5.82 Å². The van der Waals surface area contributed by atoms with Gasteiger partial charge in [0.15, 0.2) is 0 Å². The molecule has 0 radical (unpaired) electrons. The molecular weight excluding hydrogens is 335 g/mol. The van der Waals surface area contributed by atoms with Crippen molar-refractivity contribution in [3.05, 3.63) is 59.5 Å². The maximum absolute atomic E-state index is 13.2. The molecule has 2 heterocycles. The van der Waals surface area contributed by atoms with Crippen LogP contribution in [0.5, 0.6) is 5.88 Å². The normalized spacial score (nSPS) is 23.8. The van der Waals surface area contributed by atoms with Gasteiger partial charge < -0.3 is 14.9 Å². The predicted molar refractivity (Wildman–Crippen MR) is 96.3 cm³/mol. The lowest BCUT2D eigenvalue weighted by atomic mass is 9.73. The molecule has 2 N–H and O–H groups in total. The Bertz CT molecular complexity index is 725. The Hall–Kier alpha value is -2.02. The van der Waals surface area contributed by atoms with Crippen molar-refractivity contribution < 1.29 is 19.3 Å². The van der Waals surface area contributed by atoms with Crippen LogP contribution in [-0.4, -0.2) is 53.0 Å². The molecule has 26 heavy (non-hydrogen) atoms. The van der Waals surface area contributed by atoms with Gasteiger partial charge in [-0.2, -0.15) is 0 Å². The zero-order valence-electron chi connectivity index (χ0n) is 14.9. The summed E-state index contributed by atoms with van der Waals surface area (Å²) in [4.78, 5) is 6.43. The van der Waals surface area contributed by atoms with Gasteiger partial charge in [-0.1, -0.05) is 18.2 Å². The summed E-state index contributed by atoms with van der Waals surface area (Å²) in [5.41, 5.74) is 1.20. The number of aliphatic hydroxyl groups is 2. The summed E-state index contributed by atoms with van der Waals surface area (Å²) in [6, 6.07) is 10.1. The molecule has 1 fully saturated rings. The number of pyridine rings is 1. The monoisotopic (exact) mass is 360 g/mol. The molecule has 0 unspecified atom stereocenters. The Morgan fingerprint density at radius 3 is 2.77 bits per heavy atom. The number of nitrogens with zero attached hydrogens (tertiary/aromatic N) is 2. The molecule has 0 bridgehead atoms. The maximum Gasteiger partial charge on any atom is 0.217 e. The van der Waals surface area contributed by atoms with Gasteiger partial charge in [-0.3, -0.25) is 4.90 Å². The lowest BCUT2D eigenvalue weighted by Gasteiger charge is -2.45. The van der Waals surface area contributed by atoms with Crippen molar-refractivity contribution in [2.75, 3.05) is 26.8 Å². The van der Waals surface area contributed by atoms with Crippen LogP contribution >= 0.6 is 0 Å². The van der Waals surface area contributed by atoms with Gasteiger partial charge in [0.2, 0.25) is 5.88 Å². The molecule has 1 aliphatic rings. The van der Waals surface area contributed by atoms with E-state index in [1.165, 1.54) is 12.1 Å². The molecule has 0 amide bonds. The summed E-state index contributed by atoms with van der Waals surface area (Å²) >= 11 is 0. The highest BCUT2D eigenvalue weighted by Gasteiger charge is 2.42. The molecule has 0 spiro atoms. The Kier molecular flexibility index (Phi) is 5.86. The molecule has 6 heteroatoms. The van der Waals surface area contributed by atoms with Crippen molar-refractivity contribution in [3.8, 4) is 5.88 Å². The molecule has 0 saturated carbocycles. The predicted octanol–water partition coefficient (Wildman–Crippen LogP) is 2.02. The quantitative estimate of drug-likeness (QED) is 0.825. The fourth-order valence-electron chi connectivity index (χ4n) is 3.74. The number of benzene rings is 1. The number of hydrogen-bond donors (Lipinski definition) is 2. The van der Waals surface area contributed by atoms with Crippen LogP contribution in [0.3, 0.4) is 0 Å². The zero-order valence-corrected chi connectivity index (χ0v) is 14.9. The van der Waals surface area contributed by atoms with Crippen LogP contribution < -0.4 is 4.74 Å². The number of aromatic nitrogens is 1. The largest absolute Gasteiger partial charge is 0.481 e. The second-order valence-electron chi connectivity index (χ2n) is 7.01. The standard InChI is InChI=1S/C20H25FN2O3/c1-26-19-16(3-2-9-22-19)12-23-10-8-18(25)20(13-23,14-24)11-15-4-6-17(21)7-5-15/h2-7,9,18,24-25H,8,10-14H2,1H3/t18-,20-/m0/s1. The van der Waals surface area contributed by atoms with Crippen molar-refractivity contribution in [1.82, 2.24) is 9.88 Å². The number of methoxy groups -OCH3 is 1. The minimum Gasteiger partial charge on any atom is -0.481 e. The highest BCUT2D eigenvalue weighted by Crippen LogP contribution is 2.35. The van der Waals surface area contributed by atoms with Crippen molar-refractivity contribution >= 4 is 0 Å². The minimum absolute atomic E-state index is 0.133. The highest BCUT2D eigenvalue weighted by molar-refractivity contribution is 5.25. The van der Waals surface area contributed by atoms with Gasteiger partial charge in [0.25, 0.3) is 0 Å². The Morgan fingerprint density at radius 1 is 1.31 bits per heavy atom. The van der Waals surface area contributed by atoms with E-state index in [0.717, 1.165) is 17.7 Å². The lowest BCUT2D eigenvalue weighted by Crippen LogP contribution is -2.54. The topological polar surface area (TPSA) is 65.8 Å². The summed E-state index contributed by atoms with van der Waals surface area (Å²) < 4.78 is 18.5.